The largest absolute Gasteiger partial charge is 0.0833 e. The predicted octanol–water partition coefficient (Wildman–Crippen LogP) is 4.34. The minimum atomic E-state index is 0.971. The maximum Gasteiger partial charge on any atom is -0.00554 e. The molecule has 1 radical (unpaired) electrons. The molecule has 16 heavy (non-hydrogen) atoms. The molecular formula is C16H15. The Hall–Kier alpha value is -1.82. The highest BCUT2D eigenvalue weighted by Gasteiger charge is 1.88. The second kappa shape index (κ2) is 5.92. The van der Waals surface area contributed by atoms with Crippen LogP contribution in [-0.4, -0.2) is 0 Å². The van der Waals surface area contributed by atoms with E-state index in [0.717, 1.165) is 6.42 Å². The summed E-state index contributed by atoms with van der Waals surface area (Å²) in [5, 5.41) is 0. The average Bonchev–Trinajstić information content (AvgIpc) is 2.37. The first-order chi connectivity index (χ1) is 7.95. The quantitative estimate of drug-likeness (QED) is 0.699. The molecule has 2 aromatic carbocycles. The molecular weight excluding hydrogens is 192 g/mol. The number of allylic oxidation sites excluding steroid dienone is 1. The first-order valence-electron chi connectivity index (χ1n) is 5.55. The van der Waals surface area contributed by atoms with Crippen molar-refractivity contribution in [3.63, 3.8) is 0 Å². The van der Waals surface area contributed by atoms with Crippen molar-refractivity contribution in [1.82, 2.24) is 0 Å². The molecule has 0 N–H and O–H groups in total. The minimum Gasteiger partial charge on any atom is -0.0833 e. The fourth-order valence-corrected chi connectivity index (χ4v) is 1.56. The predicted molar refractivity (Wildman–Crippen MR) is 69.9 cm³/mol. The summed E-state index contributed by atoms with van der Waals surface area (Å²) >= 11 is 0. The highest BCUT2D eigenvalue weighted by atomic mass is 13.9. The Morgan fingerprint density at radius 2 is 1.25 bits per heavy atom. The SMILES string of the molecule is [CH](C/C=C/c1ccccc1)c1ccccc1. The summed E-state index contributed by atoms with van der Waals surface area (Å²) in [6.07, 6.45) is 7.53. The van der Waals surface area contributed by atoms with Crippen LogP contribution in [0.3, 0.4) is 0 Å². The van der Waals surface area contributed by atoms with E-state index in [1.807, 2.05) is 12.1 Å². The van der Waals surface area contributed by atoms with Gasteiger partial charge in [0.05, 0.1) is 0 Å². The van der Waals surface area contributed by atoms with Crippen LogP contribution < -0.4 is 0 Å². The fraction of sp³-hybridized carbons (Fsp3) is 0.0625. The van der Waals surface area contributed by atoms with Gasteiger partial charge >= 0.3 is 0 Å². The van der Waals surface area contributed by atoms with E-state index in [1.165, 1.54) is 11.1 Å². The van der Waals surface area contributed by atoms with Crippen molar-refractivity contribution in [3.05, 3.63) is 84.3 Å². The van der Waals surface area contributed by atoms with Gasteiger partial charge in [0.25, 0.3) is 0 Å². The van der Waals surface area contributed by atoms with Crippen molar-refractivity contribution < 1.29 is 0 Å². The zero-order valence-corrected chi connectivity index (χ0v) is 9.21. The lowest BCUT2D eigenvalue weighted by atomic mass is 10.1. The summed E-state index contributed by atoms with van der Waals surface area (Å²) in [4.78, 5) is 0. The summed E-state index contributed by atoms with van der Waals surface area (Å²) in [7, 11) is 0. The van der Waals surface area contributed by atoms with Gasteiger partial charge in [-0.3, -0.25) is 0 Å². The zero-order valence-electron chi connectivity index (χ0n) is 9.21. The van der Waals surface area contributed by atoms with Crippen LogP contribution in [0.25, 0.3) is 6.08 Å². The number of hydrogen-bond acceptors (Lipinski definition) is 0. The maximum absolute atomic E-state index is 2.22. The molecule has 0 heterocycles. The third-order valence-electron chi connectivity index (χ3n) is 2.40. The number of benzene rings is 2. The topological polar surface area (TPSA) is 0 Å². The molecule has 0 aliphatic carbocycles. The second-order valence-corrected chi connectivity index (χ2v) is 3.66. The summed E-state index contributed by atoms with van der Waals surface area (Å²) < 4.78 is 0. The van der Waals surface area contributed by atoms with Crippen LogP contribution in [0.15, 0.2) is 66.7 Å². The van der Waals surface area contributed by atoms with E-state index >= 15 is 0 Å². The van der Waals surface area contributed by atoms with Crippen LogP contribution >= 0.6 is 0 Å². The van der Waals surface area contributed by atoms with Crippen molar-refractivity contribution in [2.75, 3.05) is 0 Å². The molecule has 0 heteroatoms. The maximum atomic E-state index is 2.22. The number of hydrogen-bond donors (Lipinski definition) is 0. The van der Waals surface area contributed by atoms with Crippen LogP contribution in [0, 0.1) is 6.42 Å². The Morgan fingerprint density at radius 3 is 1.88 bits per heavy atom. The minimum absolute atomic E-state index is 0.971. The van der Waals surface area contributed by atoms with Gasteiger partial charge in [-0.1, -0.05) is 72.8 Å². The molecule has 2 aromatic rings. The van der Waals surface area contributed by atoms with Gasteiger partial charge in [0.2, 0.25) is 0 Å². The molecule has 79 valence electrons. The lowest BCUT2D eigenvalue weighted by Gasteiger charge is -1.96. The summed E-state index contributed by atoms with van der Waals surface area (Å²) in [6.45, 7) is 0. The van der Waals surface area contributed by atoms with Crippen molar-refractivity contribution in [3.8, 4) is 0 Å². The second-order valence-electron chi connectivity index (χ2n) is 3.66. The Balaban J connectivity index is 1.83. The van der Waals surface area contributed by atoms with Gasteiger partial charge in [0.1, 0.15) is 0 Å². The molecule has 0 aromatic heterocycles. The van der Waals surface area contributed by atoms with E-state index in [4.69, 9.17) is 0 Å². The molecule has 0 atom stereocenters. The molecule has 0 unspecified atom stereocenters. The molecule has 0 fully saturated rings. The third-order valence-corrected chi connectivity index (χ3v) is 2.40. The van der Waals surface area contributed by atoms with Gasteiger partial charge in [-0.2, -0.15) is 0 Å². The normalized spacial score (nSPS) is 10.8. The highest BCUT2D eigenvalue weighted by Crippen LogP contribution is 2.07. The van der Waals surface area contributed by atoms with Crippen LogP contribution in [-0.2, 0) is 0 Å². The molecule has 0 amide bonds. The van der Waals surface area contributed by atoms with Gasteiger partial charge in [-0.15, -0.1) is 0 Å². The lowest BCUT2D eigenvalue weighted by Crippen LogP contribution is -1.78. The molecule has 2 rings (SSSR count). The Bertz CT molecular complexity index is 426. The molecule has 0 saturated carbocycles. The van der Waals surface area contributed by atoms with Gasteiger partial charge in [0, 0.05) is 0 Å². The van der Waals surface area contributed by atoms with Crippen molar-refractivity contribution in [1.29, 1.82) is 0 Å². The van der Waals surface area contributed by atoms with Crippen LogP contribution in [0.4, 0.5) is 0 Å². The van der Waals surface area contributed by atoms with E-state index in [9.17, 15) is 0 Å². The zero-order chi connectivity index (χ0) is 11.1. The van der Waals surface area contributed by atoms with Gasteiger partial charge in [-0.05, 0) is 24.0 Å². The summed E-state index contributed by atoms with van der Waals surface area (Å²) in [5.41, 5.74) is 2.53. The Morgan fingerprint density at radius 1 is 0.688 bits per heavy atom. The summed E-state index contributed by atoms with van der Waals surface area (Å²) in [6, 6.07) is 20.8. The summed E-state index contributed by atoms with van der Waals surface area (Å²) in [5.74, 6) is 0. The van der Waals surface area contributed by atoms with Gasteiger partial charge < -0.3 is 0 Å². The smallest absolute Gasteiger partial charge is 0.00554 e. The molecule has 0 aliphatic heterocycles. The monoisotopic (exact) mass is 207 g/mol. The standard InChI is InChI=1S/C16H15/c1-3-9-15(10-4-1)13-7-8-14-16-11-5-2-6-12-16/h1-7,9-14H,8H2/b13-7+. The molecule has 0 aliphatic rings. The Kier molecular flexibility index (Phi) is 3.95. The van der Waals surface area contributed by atoms with E-state index < -0.39 is 0 Å². The van der Waals surface area contributed by atoms with Crippen LogP contribution in [0.2, 0.25) is 0 Å². The molecule has 0 nitrogen and oxygen atoms in total. The average molecular weight is 207 g/mol. The Labute approximate surface area is 97.3 Å². The van der Waals surface area contributed by atoms with Gasteiger partial charge in [0.15, 0.2) is 0 Å². The highest BCUT2D eigenvalue weighted by molar-refractivity contribution is 5.49. The molecule has 0 bridgehead atoms. The van der Waals surface area contributed by atoms with E-state index in [2.05, 4.69) is 67.1 Å². The fourth-order valence-electron chi connectivity index (χ4n) is 1.56. The molecule has 0 spiro atoms. The van der Waals surface area contributed by atoms with Crippen LogP contribution in [0.1, 0.15) is 17.5 Å². The first-order valence-corrected chi connectivity index (χ1v) is 5.55. The van der Waals surface area contributed by atoms with Crippen LogP contribution in [0.5, 0.6) is 0 Å². The van der Waals surface area contributed by atoms with Crippen molar-refractivity contribution in [2.24, 2.45) is 0 Å². The molecule has 0 saturated heterocycles. The van der Waals surface area contributed by atoms with Crippen molar-refractivity contribution >= 4 is 6.08 Å². The lowest BCUT2D eigenvalue weighted by molar-refractivity contribution is 1.25. The van der Waals surface area contributed by atoms with E-state index in [1.54, 1.807) is 0 Å². The van der Waals surface area contributed by atoms with E-state index in [0.29, 0.717) is 0 Å². The number of rotatable bonds is 4. The van der Waals surface area contributed by atoms with E-state index in [-0.39, 0.29) is 0 Å². The van der Waals surface area contributed by atoms with Crippen molar-refractivity contribution in [2.45, 2.75) is 6.42 Å². The first kappa shape index (κ1) is 10.7. The third kappa shape index (κ3) is 3.39. The van der Waals surface area contributed by atoms with Gasteiger partial charge in [-0.25, -0.2) is 0 Å².